The summed E-state index contributed by atoms with van der Waals surface area (Å²) in [7, 11) is 0. The molecule has 0 aliphatic heterocycles. The molecule has 3 aromatic carbocycles. The molecular formula is C24H19F2N3O2. The number of carbonyl (C=O) groups is 1. The Hall–Kier alpha value is -4.00. The largest absolute Gasteiger partial charge is 0.486 e. The quantitative estimate of drug-likeness (QED) is 0.457. The molecule has 0 spiro atoms. The molecule has 0 fully saturated rings. The molecule has 0 aliphatic carbocycles. The lowest BCUT2D eigenvalue weighted by molar-refractivity contribution is 0.102. The molecule has 0 bridgehead atoms. The van der Waals surface area contributed by atoms with E-state index in [1.165, 1.54) is 18.2 Å². The van der Waals surface area contributed by atoms with Crippen LogP contribution in [-0.2, 0) is 13.2 Å². The SMILES string of the molecule is O=C(Nc1cnn(Cc2ccc(F)cc2)c1)c1cccc(COc2ccccc2F)c1. The van der Waals surface area contributed by atoms with E-state index in [1.807, 2.05) is 0 Å². The molecule has 0 unspecified atom stereocenters. The van der Waals surface area contributed by atoms with Crippen molar-refractivity contribution in [1.82, 2.24) is 9.78 Å². The Labute approximate surface area is 177 Å². The van der Waals surface area contributed by atoms with Crippen LogP contribution in [0.3, 0.4) is 0 Å². The van der Waals surface area contributed by atoms with E-state index in [0.29, 0.717) is 17.8 Å². The van der Waals surface area contributed by atoms with E-state index < -0.39 is 5.82 Å². The minimum absolute atomic E-state index is 0.137. The van der Waals surface area contributed by atoms with Gasteiger partial charge in [-0.25, -0.2) is 8.78 Å². The fraction of sp³-hybridized carbons (Fsp3) is 0.0833. The van der Waals surface area contributed by atoms with Gasteiger partial charge in [-0.15, -0.1) is 0 Å². The minimum atomic E-state index is -0.436. The average Bonchev–Trinajstić information content (AvgIpc) is 3.21. The van der Waals surface area contributed by atoms with Gasteiger partial charge in [-0.1, -0.05) is 36.4 Å². The van der Waals surface area contributed by atoms with Gasteiger partial charge >= 0.3 is 0 Å². The molecule has 4 rings (SSSR count). The number of amides is 1. The van der Waals surface area contributed by atoms with Crippen molar-refractivity contribution in [1.29, 1.82) is 0 Å². The minimum Gasteiger partial charge on any atom is -0.486 e. The number of ether oxygens (including phenoxy) is 1. The van der Waals surface area contributed by atoms with Crippen molar-refractivity contribution in [2.24, 2.45) is 0 Å². The van der Waals surface area contributed by atoms with Gasteiger partial charge in [0.25, 0.3) is 5.91 Å². The van der Waals surface area contributed by atoms with Crippen LogP contribution >= 0.6 is 0 Å². The summed E-state index contributed by atoms with van der Waals surface area (Å²) in [4.78, 5) is 12.6. The Bertz CT molecular complexity index is 1190. The molecular weight excluding hydrogens is 400 g/mol. The first kappa shape index (κ1) is 20.3. The van der Waals surface area contributed by atoms with Crippen LogP contribution in [0.15, 0.2) is 85.2 Å². The molecule has 1 heterocycles. The third-order valence-electron chi connectivity index (χ3n) is 4.57. The Balaban J connectivity index is 1.37. The lowest BCUT2D eigenvalue weighted by Crippen LogP contribution is -2.12. The highest BCUT2D eigenvalue weighted by Crippen LogP contribution is 2.18. The number of benzene rings is 3. The standard InChI is InChI=1S/C24H19F2N3O2/c25-20-10-8-17(9-11-20)14-29-15-21(13-27-29)28-24(30)19-5-3-4-18(12-19)16-31-23-7-2-1-6-22(23)26/h1-13,15H,14,16H2,(H,28,30). The topological polar surface area (TPSA) is 56.2 Å². The van der Waals surface area contributed by atoms with E-state index in [0.717, 1.165) is 11.1 Å². The predicted octanol–water partition coefficient (Wildman–Crippen LogP) is 5.04. The Morgan fingerprint density at radius 2 is 1.77 bits per heavy atom. The summed E-state index contributed by atoms with van der Waals surface area (Å²) >= 11 is 0. The van der Waals surface area contributed by atoms with Gasteiger partial charge in [0.1, 0.15) is 12.4 Å². The molecule has 1 N–H and O–H groups in total. The van der Waals surface area contributed by atoms with Crippen LogP contribution in [0.2, 0.25) is 0 Å². The van der Waals surface area contributed by atoms with Gasteiger partial charge in [-0.2, -0.15) is 5.10 Å². The number of hydrogen-bond donors (Lipinski definition) is 1. The third kappa shape index (κ3) is 5.33. The zero-order valence-corrected chi connectivity index (χ0v) is 16.5. The number of anilines is 1. The summed E-state index contributed by atoms with van der Waals surface area (Å²) in [5.41, 5.74) is 2.62. The van der Waals surface area contributed by atoms with E-state index in [9.17, 15) is 13.6 Å². The van der Waals surface area contributed by atoms with Crippen LogP contribution in [0.25, 0.3) is 0 Å². The van der Waals surface area contributed by atoms with Crippen molar-refractivity contribution in [3.05, 3.63) is 114 Å². The van der Waals surface area contributed by atoms with Crippen molar-refractivity contribution in [2.75, 3.05) is 5.32 Å². The number of carbonyl (C=O) groups excluding carboxylic acids is 1. The normalized spacial score (nSPS) is 10.6. The van der Waals surface area contributed by atoms with Gasteiger partial charge in [0.2, 0.25) is 0 Å². The van der Waals surface area contributed by atoms with Crippen LogP contribution in [0.5, 0.6) is 5.75 Å². The molecule has 0 radical (unpaired) electrons. The van der Waals surface area contributed by atoms with Crippen molar-refractivity contribution in [3.8, 4) is 5.75 Å². The number of para-hydroxylation sites is 1. The van der Waals surface area contributed by atoms with E-state index in [1.54, 1.807) is 71.7 Å². The van der Waals surface area contributed by atoms with Crippen LogP contribution in [0, 0.1) is 11.6 Å². The molecule has 5 nitrogen and oxygen atoms in total. The zero-order chi connectivity index (χ0) is 21.6. The lowest BCUT2D eigenvalue weighted by Gasteiger charge is -2.08. The van der Waals surface area contributed by atoms with E-state index in [2.05, 4.69) is 10.4 Å². The van der Waals surface area contributed by atoms with E-state index >= 15 is 0 Å². The molecule has 1 aromatic heterocycles. The summed E-state index contributed by atoms with van der Waals surface area (Å²) in [5, 5.41) is 7.02. The highest BCUT2D eigenvalue weighted by Gasteiger charge is 2.10. The van der Waals surface area contributed by atoms with Crippen molar-refractivity contribution < 1.29 is 18.3 Å². The van der Waals surface area contributed by atoms with E-state index in [-0.39, 0.29) is 24.1 Å². The van der Waals surface area contributed by atoms with Crippen LogP contribution in [-0.4, -0.2) is 15.7 Å². The molecule has 1 amide bonds. The van der Waals surface area contributed by atoms with Gasteiger partial charge < -0.3 is 10.1 Å². The highest BCUT2D eigenvalue weighted by molar-refractivity contribution is 6.04. The predicted molar refractivity (Wildman–Crippen MR) is 113 cm³/mol. The number of nitrogens with one attached hydrogen (secondary N) is 1. The van der Waals surface area contributed by atoms with Crippen molar-refractivity contribution in [3.63, 3.8) is 0 Å². The van der Waals surface area contributed by atoms with Crippen molar-refractivity contribution in [2.45, 2.75) is 13.2 Å². The van der Waals surface area contributed by atoms with Crippen molar-refractivity contribution >= 4 is 11.6 Å². The highest BCUT2D eigenvalue weighted by atomic mass is 19.1. The smallest absolute Gasteiger partial charge is 0.255 e. The van der Waals surface area contributed by atoms with Crippen LogP contribution in [0.4, 0.5) is 14.5 Å². The first-order valence-corrected chi connectivity index (χ1v) is 9.61. The summed E-state index contributed by atoms with van der Waals surface area (Å²) < 4.78 is 33.9. The summed E-state index contributed by atoms with van der Waals surface area (Å²) in [6.07, 6.45) is 3.25. The summed E-state index contributed by atoms with van der Waals surface area (Å²) in [6.45, 7) is 0.594. The number of halogens is 2. The van der Waals surface area contributed by atoms with Gasteiger partial charge in [-0.3, -0.25) is 9.48 Å². The second kappa shape index (κ2) is 9.21. The first-order valence-electron chi connectivity index (χ1n) is 9.61. The van der Waals surface area contributed by atoms with E-state index in [4.69, 9.17) is 4.74 Å². The maximum Gasteiger partial charge on any atom is 0.255 e. The van der Waals surface area contributed by atoms with Gasteiger partial charge in [-0.05, 0) is 47.5 Å². The molecule has 4 aromatic rings. The van der Waals surface area contributed by atoms with Gasteiger partial charge in [0.15, 0.2) is 11.6 Å². The monoisotopic (exact) mass is 419 g/mol. The Kier molecular flexibility index (Phi) is 6.03. The number of rotatable bonds is 7. The zero-order valence-electron chi connectivity index (χ0n) is 16.5. The molecule has 0 saturated heterocycles. The maximum absolute atomic E-state index is 13.7. The summed E-state index contributed by atoms with van der Waals surface area (Å²) in [5.74, 6) is -0.868. The summed E-state index contributed by atoms with van der Waals surface area (Å²) in [6, 6.07) is 19.2. The fourth-order valence-electron chi connectivity index (χ4n) is 3.02. The number of nitrogens with zero attached hydrogens (tertiary/aromatic N) is 2. The number of hydrogen-bond acceptors (Lipinski definition) is 3. The first-order chi connectivity index (χ1) is 15.1. The third-order valence-corrected chi connectivity index (χ3v) is 4.57. The fourth-order valence-corrected chi connectivity index (χ4v) is 3.02. The van der Waals surface area contributed by atoms with Crippen LogP contribution in [0.1, 0.15) is 21.5 Å². The second-order valence-corrected chi connectivity index (χ2v) is 6.93. The lowest BCUT2D eigenvalue weighted by atomic mass is 10.1. The van der Waals surface area contributed by atoms with Gasteiger partial charge in [0, 0.05) is 11.8 Å². The molecule has 31 heavy (non-hydrogen) atoms. The Morgan fingerprint density at radius 1 is 0.968 bits per heavy atom. The molecule has 7 heteroatoms. The molecule has 0 aliphatic rings. The van der Waals surface area contributed by atoms with Crippen LogP contribution < -0.4 is 10.1 Å². The average molecular weight is 419 g/mol. The van der Waals surface area contributed by atoms with Gasteiger partial charge in [0.05, 0.1) is 18.4 Å². The second-order valence-electron chi connectivity index (χ2n) is 6.93. The Morgan fingerprint density at radius 3 is 2.58 bits per heavy atom. The molecule has 156 valence electrons. The molecule has 0 atom stereocenters. The molecule has 0 saturated carbocycles. The maximum atomic E-state index is 13.7. The number of aromatic nitrogens is 2.